The number of carbonyl (C=O) groups excluding carboxylic acids is 2. The minimum Gasteiger partial charge on any atom is -0.444 e. The Hall–Kier alpha value is -2.05. The normalized spacial score (nSPS) is 11.4. The van der Waals surface area contributed by atoms with Crippen molar-refractivity contribution in [2.45, 2.75) is 39.7 Å². The average molecular weight is 303 g/mol. The summed E-state index contributed by atoms with van der Waals surface area (Å²) in [7, 11) is 0. The smallest absolute Gasteiger partial charge is 0.412 e. The molecule has 1 N–H and O–H groups in total. The molecule has 0 aliphatic rings. The Labute approximate surface area is 120 Å². The van der Waals surface area contributed by atoms with Gasteiger partial charge < -0.3 is 4.74 Å². The molecule has 1 aromatic rings. The predicted octanol–water partition coefficient (Wildman–Crippen LogP) is 4.31. The third-order valence-corrected chi connectivity index (χ3v) is 2.36. The number of hydrogen-bond acceptors (Lipinski definition) is 3. The van der Waals surface area contributed by atoms with E-state index >= 15 is 0 Å². The Morgan fingerprint density at radius 2 is 1.81 bits per heavy atom. The van der Waals surface area contributed by atoms with Crippen molar-refractivity contribution < 1.29 is 27.5 Å². The zero-order valence-electron chi connectivity index (χ0n) is 12.1. The number of carbonyl (C=O) groups is 2. The van der Waals surface area contributed by atoms with Gasteiger partial charge in [-0.25, -0.2) is 18.0 Å². The number of ether oxygens (including phenoxy) is 1. The van der Waals surface area contributed by atoms with E-state index < -0.39 is 40.8 Å². The van der Waals surface area contributed by atoms with Crippen LogP contribution in [0.25, 0.3) is 0 Å². The molecule has 0 unspecified atom stereocenters. The molecule has 0 aliphatic heterocycles. The standard InChI is InChI=1S/C14H16F3NO3/c1-7(19)9-5-8(6-10(11(9)15)12(16)17)18-13(20)21-14(2,3)4/h5-6,12H,1-4H3,(H,18,20). The fourth-order valence-corrected chi connectivity index (χ4v) is 1.56. The van der Waals surface area contributed by atoms with E-state index in [0.717, 1.165) is 19.1 Å². The number of hydrogen-bond donors (Lipinski definition) is 1. The molecule has 1 rings (SSSR count). The minimum atomic E-state index is -3.11. The summed E-state index contributed by atoms with van der Waals surface area (Å²) in [5.74, 6) is -2.01. The molecular formula is C14H16F3NO3. The SMILES string of the molecule is CC(=O)c1cc(NC(=O)OC(C)(C)C)cc(C(F)F)c1F. The molecule has 0 bridgehead atoms. The quantitative estimate of drug-likeness (QED) is 0.846. The zero-order valence-corrected chi connectivity index (χ0v) is 12.1. The highest BCUT2D eigenvalue weighted by Gasteiger charge is 2.22. The topological polar surface area (TPSA) is 55.4 Å². The van der Waals surface area contributed by atoms with E-state index in [9.17, 15) is 22.8 Å². The second-order valence-electron chi connectivity index (χ2n) is 5.41. The Bertz CT molecular complexity index is 565. The maximum Gasteiger partial charge on any atom is 0.412 e. The summed E-state index contributed by atoms with van der Waals surface area (Å²) < 4.78 is 44.2. The highest BCUT2D eigenvalue weighted by Crippen LogP contribution is 2.28. The molecule has 0 heterocycles. The van der Waals surface area contributed by atoms with Crippen molar-refractivity contribution in [3.8, 4) is 0 Å². The maximum absolute atomic E-state index is 13.7. The largest absolute Gasteiger partial charge is 0.444 e. The molecule has 4 nitrogen and oxygen atoms in total. The van der Waals surface area contributed by atoms with Gasteiger partial charge in [0.25, 0.3) is 6.43 Å². The number of ketones is 1. The van der Waals surface area contributed by atoms with Crippen LogP contribution in [-0.2, 0) is 4.74 Å². The molecule has 0 radical (unpaired) electrons. The van der Waals surface area contributed by atoms with Gasteiger partial charge in [0.1, 0.15) is 11.4 Å². The van der Waals surface area contributed by atoms with E-state index in [1.807, 2.05) is 0 Å². The van der Waals surface area contributed by atoms with Crippen LogP contribution in [0.2, 0.25) is 0 Å². The van der Waals surface area contributed by atoms with Crippen LogP contribution in [0.15, 0.2) is 12.1 Å². The molecule has 0 aromatic heterocycles. The number of benzene rings is 1. The molecule has 116 valence electrons. The Morgan fingerprint density at radius 3 is 2.24 bits per heavy atom. The highest BCUT2D eigenvalue weighted by molar-refractivity contribution is 5.96. The number of rotatable bonds is 3. The number of amides is 1. The zero-order chi connectivity index (χ0) is 16.4. The molecule has 0 saturated carbocycles. The van der Waals surface area contributed by atoms with Gasteiger partial charge in [0, 0.05) is 5.69 Å². The molecule has 21 heavy (non-hydrogen) atoms. The van der Waals surface area contributed by atoms with E-state index in [0.29, 0.717) is 0 Å². The van der Waals surface area contributed by atoms with Crippen LogP contribution in [0.4, 0.5) is 23.7 Å². The number of anilines is 1. The van der Waals surface area contributed by atoms with Crippen LogP contribution >= 0.6 is 0 Å². The van der Waals surface area contributed by atoms with Crippen molar-refractivity contribution in [3.63, 3.8) is 0 Å². The van der Waals surface area contributed by atoms with E-state index in [4.69, 9.17) is 4.74 Å². The third kappa shape index (κ3) is 4.77. The lowest BCUT2D eigenvalue weighted by Gasteiger charge is -2.20. The van der Waals surface area contributed by atoms with Crippen LogP contribution in [-0.4, -0.2) is 17.5 Å². The molecule has 1 amide bonds. The predicted molar refractivity (Wildman–Crippen MR) is 71.2 cm³/mol. The molecule has 0 atom stereocenters. The van der Waals surface area contributed by atoms with Crippen LogP contribution in [0.1, 0.15) is 50.0 Å². The Kier molecular flexibility index (Phi) is 4.98. The monoisotopic (exact) mass is 303 g/mol. The van der Waals surface area contributed by atoms with Crippen molar-refractivity contribution in [1.29, 1.82) is 0 Å². The third-order valence-electron chi connectivity index (χ3n) is 2.36. The van der Waals surface area contributed by atoms with Gasteiger partial charge in [0.15, 0.2) is 5.78 Å². The summed E-state index contributed by atoms with van der Waals surface area (Å²) in [5, 5.41) is 2.20. The minimum absolute atomic E-state index is 0.133. The van der Waals surface area contributed by atoms with Gasteiger partial charge in [-0.3, -0.25) is 10.1 Å². The molecule has 1 aromatic carbocycles. The summed E-state index contributed by atoms with van der Waals surface area (Å²) >= 11 is 0. The first-order valence-electron chi connectivity index (χ1n) is 6.14. The number of alkyl halides is 2. The van der Waals surface area contributed by atoms with Crippen molar-refractivity contribution in [2.75, 3.05) is 5.32 Å². The summed E-state index contributed by atoms with van der Waals surface area (Å²) in [6.07, 6.45) is -3.99. The molecule has 0 saturated heterocycles. The van der Waals surface area contributed by atoms with E-state index in [2.05, 4.69) is 5.32 Å². The average Bonchev–Trinajstić information content (AvgIpc) is 2.27. The van der Waals surface area contributed by atoms with Crippen molar-refractivity contribution in [2.24, 2.45) is 0 Å². The van der Waals surface area contributed by atoms with Crippen molar-refractivity contribution >= 4 is 17.6 Å². The summed E-state index contributed by atoms with van der Waals surface area (Å²) in [5.41, 5.74) is -2.38. The summed E-state index contributed by atoms with van der Waals surface area (Å²) in [6.45, 7) is 5.93. The van der Waals surface area contributed by atoms with Crippen molar-refractivity contribution in [1.82, 2.24) is 0 Å². The first kappa shape index (κ1) is 17.0. The molecule has 7 heteroatoms. The first-order valence-corrected chi connectivity index (χ1v) is 6.14. The van der Waals surface area contributed by atoms with Gasteiger partial charge in [0.05, 0.1) is 11.1 Å². The number of nitrogens with one attached hydrogen (secondary N) is 1. The first-order chi connectivity index (χ1) is 9.51. The second kappa shape index (κ2) is 6.15. The van der Waals surface area contributed by atoms with Gasteiger partial charge in [-0.2, -0.15) is 0 Å². The van der Waals surface area contributed by atoms with Gasteiger partial charge >= 0.3 is 6.09 Å². The molecule has 0 fully saturated rings. The lowest BCUT2D eigenvalue weighted by Crippen LogP contribution is -2.27. The second-order valence-corrected chi connectivity index (χ2v) is 5.41. The summed E-state index contributed by atoms with van der Waals surface area (Å²) in [6, 6.07) is 1.77. The number of halogens is 3. The molecule has 0 aliphatic carbocycles. The van der Waals surface area contributed by atoms with E-state index in [-0.39, 0.29) is 5.69 Å². The maximum atomic E-state index is 13.7. The summed E-state index contributed by atoms with van der Waals surface area (Å²) in [4.78, 5) is 22.9. The Balaban J connectivity index is 3.14. The number of Topliss-reactive ketones (excluding diaryl/α,β-unsaturated/α-hetero) is 1. The fraction of sp³-hybridized carbons (Fsp3) is 0.429. The van der Waals surface area contributed by atoms with Gasteiger partial charge in [0.2, 0.25) is 0 Å². The Morgan fingerprint density at radius 1 is 1.24 bits per heavy atom. The van der Waals surface area contributed by atoms with Crippen LogP contribution in [0.5, 0.6) is 0 Å². The van der Waals surface area contributed by atoms with Crippen LogP contribution in [0.3, 0.4) is 0 Å². The highest BCUT2D eigenvalue weighted by atomic mass is 19.3. The van der Waals surface area contributed by atoms with Gasteiger partial charge in [-0.1, -0.05) is 0 Å². The van der Waals surface area contributed by atoms with E-state index in [1.165, 1.54) is 0 Å². The lowest BCUT2D eigenvalue weighted by atomic mass is 10.1. The molecule has 0 spiro atoms. The van der Waals surface area contributed by atoms with E-state index in [1.54, 1.807) is 20.8 Å². The van der Waals surface area contributed by atoms with Gasteiger partial charge in [-0.15, -0.1) is 0 Å². The molecular weight excluding hydrogens is 287 g/mol. The fourth-order valence-electron chi connectivity index (χ4n) is 1.56. The van der Waals surface area contributed by atoms with Crippen molar-refractivity contribution in [3.05, 3.63) is 29.1 Å². The van der Waals surface area contributed by atoms with Crippen LogP contribution in [0, 0.1) is 5.82 Å². The van der Waals surface area contributed by atoms with Crippen LogP contribution < -0.4 is 5.32 Å². The lowest BCUT2D eigenvalue weighted by molar-refractivity contribution is 0.0635. The van der Waals surface area contributed by atoms with Gasteiger partial charge in [-0.05, 0) is 39.8 Å².